The molecule has 2 heterocycles. The van der Waals surface area contributed by atoms with E-state index in [0.717, 1.165) is 16.9 Å². The summed E-state index contributed by atoms with van der Waals surface area (Å²) in [7, 11) is 0. The van der Waals surface area contributed by atoms with Gasteiger partial charge in [0.05, 0.1) is 0 Å². The summed E-state index contributed by atoms with van der Waals surface area (Å²) in [6.45, 7) is 0. The van der Waals surface area contributed by atoms with E-state index >= 15 is 0 Å². The fourth-order valence-corrected chi connectivity index (χ4v) is 3.46. The second kappa shape index (κ2) is 8.57. The number of benzene rings is 3. The van der Waals surface area contributed by atoms with Crippen LogP contribution in [0, 0.1) is 0 Å². The van der Waals surface area contributed by atoms with E-state index in [-0.39, 0.29) is 5.91 Å². The zero-order chi connectivity index (χ0) is 21.9. The molecule has 0 spiro atoms. The van der Waals surface area contributed by atoms with Gasteiger partial charge in [0.15, 0.2) is 5.58 Å². The lowest BCUT2D eigenvalue weighted by atomic mass is 10.2. The number of fused-ring (bicyclic) bond motifs is 1. The molecule has 5 aromatic rings. The van der Waals surface area contributed by atoms with Crippen molar-refractivity contribution in [2.24, 2.45) is 0 Å². The number of rotatable bonds is 5. The number of hydrogen-bond donors (Lipinski definition) is 1. The molecule has 3 aromatic carbocycles. The van der Waals surface area contributed by atoms with Gasteiger partial charge in [0.2, 0.25) is 11.8 Å². The van der Waals surface area contributed by atoms with Gasteiger partial charge in [0.1, 0.15) is 17.0 Å². The number of carbonyl (C=O) groups excluding carboxylic acids is 1. The summed E-state index contributed by atoms with van der Waals surface area (Å²) in [5.41, 5.74) is 3.68. The molecule has 0 saturated carbocycles. The molecule has 0 aliphatic carbocycles. The van der Waals surface area contributed by atoms with Crippen LogP contribution < -0.4 is 5.32 Å². The Labute approximate surface area is 189 Å². The summed E-state index contributed by atoms with van der Waals surface area (Å²) in [4.78, 5) is 16.9. The number of amides is 1. The Hall–Kier alpha value is -4.09. The van der Waals surface area contributed by atoms with Gasteiger partial charge in [0, 0.05) is 27.9 Å². The van der Waals surface area contributed by atoms with Crippen LogP contribution in [0.5, 0.6) is 0 Å². The van der Waals surface area contributed by atoms with E-state index < -0.39 is 0 Å². The zero-order valence-electron chi connectivity index (χ0n) is 16.8. The highest BCUT2D eigenvalue weighted by Crippen LogP contribution is 2.28. The standard InChI is InChI=1S/C26H17ClN2O3/c27-19-9-12-24-22(16-19)29-26(32-24)18-7-4-8-20(15-18)28-25(30)14-11-21-10-13-23(31-21)17-5-2-1-3-6-17/h1-16H,(H,28,30). The largest absolute Gasteiger partial charge is 0.457 e. The first-order valence-corrected chi connectivity index (χ1v) is 10.3. The van der Waals surface area contributed by atoms with E-state index in [1.165, 1.54) is 6.08 Å². The molecule has 1 amide bonds. The van der Waals surface area contributed by atoms with Crippen LogP contribution in [0.25, 0.3) is 40.0 Å². The predicted octanol–water partition coefficient (Wildman–Crippen LogP) is 7.06. The zero-order valence-corrected chi connectivity index (χ0v) is 17.5. The average Bonchev–Trinajstić information content (AvgIpc) is 3.45. The molecule has 156 valence electrons. The molecule has 6 heteroatoms. The van der Waals surface area contributed by atoms with E-state index in [1.807, 2.05) is 54.6 Å². The lowest BCUT2D eigenvalue weighted by molar-refractivity contribution is -0.111. The van der Waals surface area contributed by atoms with Gasteiger partial charge in [-0.25, -0.2) is 4.98 Å². The highest BCUT2D eigenvalue weighted by molar-refractivity contribution is 6.31. The smallest absolute Gasteiger partial charge is 0.248 e. The van der Waals surface area contributed by atoms with Crippen LogP contribution in [-0.2, 0) is 4.79 Å². The van der Waals surface area contributed by atoms with Crippen LogP contribution in [0.15, 0.2) is 99.8 Å². The highest BCUT2D eigenvalue weighted by atomic mass is 35.5. The van der Waals surface area contributed by atoms with Crippen LogP contribution >= 0.6 is 11.6 Å². The molecule has 0 aliphatic heterocycles. The fourth-order valence-electron chi connectivity index (χ4n) is 3.30. The Balaban J connectivity index is 1.29. The molecule has 0 fully saturated rings. The number of aromatic nitrogens is 1. The Morgan fingerprint density at radius 2 is 1.72 bits per heavy atom. The Bertz CT molecular complexity index is 1430. The maximum atomic E-state index is 12.4. The summed E-state index contributed by atoms with van der Waals surface area (Å²) in [5, 5.41) is 3.44. The van der Waals surface area contributed by atoms with Gasteiger partial charge < -0.3 is 14.2 Å². The molecule has 0 atom stereocenters. The quantitative estimate of drug-likeness (QED) is 0.297. The third-order valence-electron chi connectivity index (χ3n) is 4.81. The van der Waals surface area contributed by atoms with Gasteiger partial charge in [-0.3, -0.25) is 4.79 Å². The minimum atomic E-state index is -0.274. The van der Waals surface area contributed by atoms with Crippen LogP contribution in [0.4, 0.5) is 5.69 Å². The van der Waals surface area contributed by atoms with Crippen molar-refractivity contribution in [1.29, 1.82) is 0 Å². The van der Waals surface area contributed by atoms with Gasteiger partial charge in [-0.1, -0.05) is 48.0 Å². The second-order valence-electron chi connectivity index (χ2n) is 7.10. The van der Waals surface area contributed by atoms with Gasteiger partial charge in [-0.15, -0.1) is 0 Å². The number of nitrogens with zero attached hydrogens (tertiary/aromatic N) is 1. The molecule has 5 rings (SSSR count). The van der Waals surface area contributed by atoms with Crippen molar-refractivity contribution in [2.75, 3.05) is 5.32 Å². The van der Waals surface area contributed by atoms with Gasteiger partial charge in [-0.2, -0.15) is 0 Å². The minimum absolute atomic E-state index is 0.274. The normalized spacial score (nSPS) is 11.3. The van der Waals surface area contributed by atoms with Crippen LogP contribution in [-0.4, -0.2) is 10.9 Å². The molecule has 0 radical (unpaired) electrons. The SMILES string of the molecule is O=C(C=Cc1ccc(-c2ccccc2)o1)Nc1cccc(-c2nc3cc(Cl)ccc3o2)c1. The van der Waals surface area contributed by atoms with Crippen molar-refractivity contribution in [3.63, 3.8) is 0 Å². The first-order chi connectivity index (χ1) is 15.6. The summed E-state index contributed by atoms with van der Waals surface area (Å²) in [5.74, 6) is 1.53. The molecule has 0 unspecified atom stereocenters. The summed E-state index contributed by atoms with van der Waals surface area (Å²) < 4.78 is 11.6. The Morgan fingerprint density at radius 3 is 2.59 bits per heavy atom. The van der Waals surface area contributed by atoms with Crippen molar-refractivity contribution in [1.82, 2.24) is 4.98 Å². The van der Waals surface area contributed by atoms with Gasteiger partial charge in [0.25, 0.3) is 0 Å². The lowest BCUT2D eigenvalue weighted by Crippen LogP contribution is -2.07. The number of anilines is 1. The van der Waals surface area contributed by atoms with E-state index in [1.54, 1.807) is 36.4 Å². The average molecular weight is 441 g/mol. The molecule has 0 aliphatic rings. The number of carbonyl (C=O) groups is 1. The third kappa shape index (κ3) is 4.33. The Morgan fingerprint density at radius 1 is 0.875 bits per heavy atom. The maximum absolute atomic E-state index is 12.4. The number of halogens is 1. The number of oxazole rings is 1. The van der Waals surface area contributed by atoms with E-state index in [2.05, 4.69) is 10.3 Å². The highest BCUT2D eigenvalue weighted by Gasteiger charge is 2.10. The molecule has 0 bridgehead atoms. The summed E-state index contributed by atoms with van der Waals surface area (Å²) in [6, 6.07) is 26.1. The Kier molecular flexibility index (Phi) is 5.32. The monoisotopic (exact) mass is 440 g/mol. The summed E-state index contributed by atoms with van der Waals surface area (Å²) in [6.07, 6.45) is 3.07. The first kappa shape index (κ1) is 19.8. The molecular formula is C26H17ClN2O3. The molecule has 32 heavy (non-hydrogen) atoms. The predicted molar refractivity (Wildman–Crippen MR) is 126 cm³/mol. The molecule has 0 saturated heterocycles. The molecular weight excluding hydrogens is 424 g/mol. The van der Waals surface area contributed by atoms with E-state index in [0.29, 0.717) is 33.5 Å². The lowest BCUT2D eigenvalue weighted by Gasteiger charge is -2.03. The topological polar surface area (TPSA) is 68.3 Å². The molecule has 2 aromatic heterocycles. The van der Waals surface area contributed by atoms with Crippen LogP contribution in [0.1, 0.15) is 5.76 Å². The van der Waals surface area contributed by atoms with Crippen LogP contribution in [0.2, 0.25) is 5.02 Å². The summed E-state index contributed by atoms with van der Waals surface area (Å²) >= 11 is 6.02. The van der Waals surface area contributed by atoms with Crippen molar-refractivity contribution in [3.05, 3.63) is 102 Å². The third-order valence-corrected chi connectivity index (χ3v) is 5.05. The first-order valence-electron chi connectivity index (χ1n) is 9.95. The maximum Gasteiger partial charge on any atom is 0.248 e. The van der Waals surface area contributed by atoms with E-state index in [9.17, 15) is 4.79 Å². The van der Waals surface area contributed by atoms with Crippen molar-refractivity contribution in [3.8, 4) is 22.8 Å². The number of nitrogens with one attached hydrogen (secondary N) is 1. The van der Waals surface area contributed by atoms with Crippen molar-refractivity contribution < 1.29 is 13.6 Å². The molecule has 5 nitrogen and oxygen atoms in total. The van der Waals surface area contributed by atoms with Gasteiger partial charge in [-0.05, 0) is 54.6 Å². The van der Waals surface area contributed by atoms with Crippen molar-refractivity contribution in [2.45, 2.75) is 0 Å². The second-order valence-corrected chi connectivity index (χ2v) is 7.54. The van der Waals surface area contributed by atoms with Crippen molar-refractivity contribution >= 4 is 40.4 Å². The number of furan rings is 1. The minimum Gasteiger partial charge on any atom is -0.457 e. The number of hydrogen-bond acceptors (Lipinski definition) is 4. The van der Waals surface area contributed by atoms with E-state index in [4.69, 9.17) is 20.4 Å². The van der Waals surface area contributed by atoms with Gasteiger partial charge >= 0.3 is 0 Å². The molecule has 1 N–H and O–H groups in total. The van der Waals surface area contributed by atoms with Crippen LogP contribution in [0.3, 0.4) is 0 Å². The fraction of sp³-hybridized carbons (Fsp3) is 0.